The summed E-state index contributed by atoms with van der Waals surface area (Å²) in [4.78, 5) is 24.0. The molecule has 0 radical (unpaired) electrons. The molecular weight excluding hydrogens is 328 g/mol. The van der Waals surface area contributed by atoms with Crippen molar-refractivity contribution in [2.45, 2.75) is 39.5 Å². The highest BCUT2D eigenvalue weighted by Crippen LogP contribution is 2.22. The van der Waals surface area contributed by atoms with Crippen molar-refractivity contribution in [2.75, 3.05) is 6.61 Å². The van der Waals surface area contributed by atoms with Gasteiger partial charge < -0.3 is 4.74 Å². The summed E-state index contributed by atoms with van der Waals surface area (Å²) in [6.45, 7) is 8.19. The number of nitrogens with one attached hydrogen (secondary N) is 2. The van der Waals surface area contributed by atoms with Crippen molar-refractivity contribution in [3.63, 3.8) is 0 Å². The van der Waals surface area contributed by atoms with Gasteiger partial charge in [-0.25, -0.2) is 0 Å². The number of amides is 2. The smallest absolute Gasteiger partial charge is 0.276 e. The minimum atomic E-state index is -0.421. The lowest BCUT2D eigenvalue weighted by Crippen LogP contribution is -2.43. The molecule has 5 heteroatoms. The number of rotatable bonds is 5. The number of ether oxygens (including phenoxy) is 1. The van der Waals surface area contributed by atoms with Gasteiger partial charge in [-0.05, 0) is 41.2 Å². The Hall–Kier alpha value is -2.82. The highest BCUT2D eigenvalue weighted by atomic mass is 16.5. The molecule has 0 aliphatic heterocycles. The molecule has 0 heterocycles. The van der Waals surface area contributed by atoms with Crippen LogP contribution in [0, 0.1) is 0 Å². The van der Waals surface area contributed by atoms with Crippen LogP contribution < -0.4 is 15.6 Å². The lowest BCUT2D eigenvalue weighted by molar-refractivity contribution is -0.123. The van der Waals surface area contributed by atoms with Gasteiger partial charge in [0.05, 0.1) is 0 Å². The number of aryl methyl sites for hydroxylation is 1. The monoisotopic (exact) mass is 354 g/mol. The van der Waals surface area contributed by atoms with Crippen molar-refractivity contribution in [2.24, 2.45) is 0 Å². The molecule has 2 rings (SSSR count). The summed E-state index contributed by atoms with van der Waals surface area (Å²) in [5.41, 5.74) is 7.45. The largest absolute Gasteiger partial charge is 0.483 e. The summed E-state index contributed by atoms with van der Waals surface area (Å²) in [7, 11) is 0. The summed E-state index contributed by atoms with van der Waals surface area (Å²) in [5, 5.41) is 0. The number of para-hydroxylation sites is 1. The van der Waals surface area contributed by atoms with Crippen molar-refractivity contribution in [1.82, 2.24) is 10.9 Å². The van der Waals surface area contributed by atoms with Crippen molar-refractivity contribution in [1.29, 1.82) is 0 Å². The van der Waals surface area contributed by atoms with Crippen LogP contribution >= 0.6 is 0 Å². The molecular formula is C21H26N2O3. The van der Waals surface area contributed by atoms with Crippen LogP contribution in [0.2, 0.25) is 0 Å². The third-order valence-electron chi connectivity index (χ3n) is 4.04. The highest BCUT2D eigenvalue weighted by molar-refractivity contribution is 5.95. The summed E-state index contributed by atoms with van der Waals surface area (Å²) in [6, 6.07) is 14.9. The number of carbonyl (C=O) groups is 2. The molecule has 0 aromatic heterocycles. The molecule has 0 fully saturated rings. The lowest BCUT2D eigenvalue weighted by Gasteiger charge is -2.19. The molecule has 0 saturated heterocycles. The van der Waals surface area contributed by atoms with E-state index in [1.807, 2.05) is 43.3 Å². The van der Waals surface area contributed by atoms with Crippen LogP contribution in [0.3, 0.4) is 0 Å². The molecule has 0 atom stereocenters. The van der Waals surface area contributed by atoms with E-state index in [-0.39, 0.29) is 17.9 Å². The van der Waals surface area contributed by atoms with Gasteiger partial charge >= 0.3 is 0 Å². The normalized spacial score (nSPS) is 10.9. The zero-order valence-electron chi connectivity index (χ0n) is 15.8. The predicted molar refractivity (Wildman–Crippen MR) is 102 cm³/mol. The second-order valence-corrected chi connectivity index (χ2v) is 7.08. The maximum atomic E-state index is 12.1. The Kier molecular flexibility index (Phi) is 6.39. The van der Waals surface area contributed by atoms with E-state index in [0.29, 0.717) is 11.3 Å². The number of carbonyl (C=O) groups excluding carboxylic acids is 2. The topological polar surface area (TPSA) is 67.4 Å². The van der Waals surface area contributed by atoms with Gasteiger partial charge in [-0.3, -0.25) is 20.4 Å². The lowest BCUT2D eigenvalue weighted by atomic mass is 9.87. The summed E-state index contributed by atoms with van der Waals surface area (Å²) in [6.07, 6.45) is 0.819. The van der Waals surface area contributed by atoms with Gasteiger partial charge in [0.15, 0.2) is 6.61 Å². The van der Waals surface area contributed by atoms with Crippen LogP contribution in [-0.2, 0) is 16.6 Å². The number of benzene rings is 2. The van der Waals surface area contributed by atoms with Crippen LogP contribution in [0.5, 0.6) is 5.75 Å². The number of hydrazine groups is 1. The fraction of sp³-hybridized carbons (Fsp3) is 0.333. The Morgan fingerprint density at radius 2 is 1.62 bits per heavy atom. The molecule has 2 amide bonds. The van der Waals surface area contributed by atoms with Crippen LogP contribution in [0.4, 0.5) is 0 Å². The van der Waals surface area contributed by atoms with Gasteiger partial charge in [-0.1, -0.05) is 58.0 Å². The Balaban J connectivity index is 1.84. The summed E-state index contributed by atoms with van der Waals surface area (Å²) >= 11 is 0. The maximum Gasteiger partial charge on any atom is 0.276 e. The third kappa shape index (κ3) is 5.34. The van der Waals surface area contributed by atoms with Crippen molar-refractivity contribution < 1.29 is 14.3 Å². The standard InChI is InChI=1S/C21H26N2O3/c1-5-15-8-6-7-9-18(15)26-14-19(24)22-23-20(25)16-10-12-17(13-11-16)21(2,3)4/h6-13H,5,14H2,1-4H3,(H,22,24)(H,23,25). The van der Waals surface area contributed by atoms with Crippen molar-refractivity contribution in [3.05, 3.63) is 65.2 Å². The van der Waals surface area contributed by atoms with E-state index in [1.54, 1.807) is 12.1 Å². The van der Waals surface area contributed by atoms with Gasteiger partial charge in [0, 0.05) is 5.56 Å². The molecule has 2 N–H and O–H groups in total. The minimum absolute atomic E-state index is 0.0232. The zero-order chi connectivity index (χ0) is 19.2. The maximum absolute atomic E-state index is 12.1. The summed E-state index contributed by atoms with van der Waals surface area (Å²) < 4.78 is 5.52. The first-order valence-electron chi connectivity index (χ1n) is 8.71. The minimum Gasteiger partial charge on any atom is -0.483 e. The van der Waals surface area contributed by atoms with Crippen LogP contribution in [0.1, 0.15) is 49.2 Å². The Bertz CT molecular complexity index is 762. The van der Waals surface area contributed by atoms with Crippen LogP contribution in [0.25, 0.3) is 0 Å². The van der Waals surface area contributed by atoms with Crippen molar-refractivity contribution >= 4 is 11.8 Å². The second kappa shape index (κ2) is 8.52. The van der Waals surface area contributed by atoms with Gasteiger partial charge in [0.25, 0.3) is 11.8 Å². The van der Waals surface area contributed by atoms with E-state index in [4.69, 9.17) is 4.74 Å². The first-order valence-corrected chi connectivity index (χ1v) is 8.71. The SMILES string of the molecule is CCc1ccccc1OCC(=O)NNC(=O)c1ccc(C(C)(C)C)cc1. The van der Waals surface area contributed by atoms with E-state index >= 15 is 0 Å². The summed E-state index contributed by atoms with van der Waals surface area (Å²) in [5.74, 6) is -0.113. The molecule has 138 valence electrons. The van der Waals surface area contributed by atoms with Gasteiger partial charge in [0.2, 0.25) is 0 Å². The molecule has 2 aromatic carbocycles. The molecule has 5 nitrogen and oxygen atoms in total. The van der Waals surface area contributed by atoms with Gasteiger partial charge in [-0.15, -0.1) is 0 Å². The van der Waals surface area contributed by atoms with Gasteiger partial charge in [-0.2, -0.15) is 0 Å². The van der Waals surface area contributed by atoms with E-state index in [1.165, 1.54) is 0 Å². The highest BCUT2D eigenvalue weighted by Gasteiger charge is 2.14. The first kappa shape index (κ1) is 19.5. The van der Waals surface area contributed by atoms with Crippen molar-refractivity contribution in [3.8, 4) is 5.75 Å². The molecule has 2 aromatic rings. The molecule has 0 aliphatic carbocycles. The van der Waals surface area contributed by atoms with Gasteiger partial charge in [0.1, 0.15) is 5.75 Å². The molecule has 0 spiro atoms. The Morgan fingerprint density at radius 3 is 2.23 bits per heavy atom. The molecule has 0 aliphatic rings. The third-order valence-corrected chi connectivity index (χ3v) is 4.04. The average Bonchev–Trinajstić information content (AvgIpc) is 2.64. The molecule has 0 saturated carbocycles. The van der Waals surface area contributed by atoms with Crippen LogP contribution in [0.15, 0.2) is 48.5 Å². The predicted octanol–water partition coefficient (Wildman–Crippen LogP) is 3.39. The second-order valence-electron chi connectivity index (χ2n) is 7.08. The van der Waals surface area contributed by atoms with Crippen LogP contribution in [-0.4, -0.2) is 18.4 Å². The number of hydrogen-bond donors (Lipinski definition) is 2. The van der Waals surface area contributed by atoms with E-state index in [0.717, 1.165) is 17.5 Å². The van der Waals surface area contributed by atoms with E-state index in [9.17, 15) is 9.59 Å². The fourth-order valence-corrected chi connectivity index (χ4v) is 2.44. The van der Waals surface area contributed by atoms with E-state index < -0.39 is 5.91 Å². The molecule has 26 heavy (non-hydrogen) atoms. The quantitative estimate of drug-likeness (QED) is 0.809. The average molecular weight is 354 g/mol. The Morgan fingerprint density at radius 1 is 0.962 bits per heavy atom. The van der Waals surface area contributed by atoms with E-state index in [2.05, 4.69) is 31.6 Å². The zero-order valence-corrected chi connectivity index (χ0v) is 15.8. The molecule has 0 bridgehead atoms. The Labute approximate surface area is 154 Å². The molecule has 0 unspecified atom stereocenters. The fourth-order valence-electron chi connectivity index (χ4n) is 2.44. The number of hydrogen-bond acceptors (Lipinski definition) is 3. The first-order chi connectivity index (χ1) is 12.3.